The molecule has 0 aliphatic carbocycles. The molecule has 5 nitrogen and oxygen atoms in total. The standard InChI is InChI=1S/C14H26N2O3/c1-2-12(7-9-17)10-15-13(18)11-16-8-5-3-4-6-14(16)19/h12,17H,2-11H2,1H3,(H,15,18). The smallest absolute Gasteiger partial charge is 0.239 e. The maximum atomic E-state index is 11.8. The second-order valence-electron chi connectivity index (χ2n) is 5.22. The number of amides is 2. The Kier molecular flexibility index (Phi) is 7.48. The van der Waals surface area contributed by atoms with Gasteiger partial charge < -0.3 is 15.3 Å². The Bertz CT molecular complexity index is 294. The summed E-state index contributed by atoms with van der Waals surface area (Å²) in [5, 5.41) is 11.8. The van der Waals surface area contributed by atoms with Crippen LogP contribution in [0.2, 0.25) is 0 Å². The van der Waals surface area contributed by atoms with Crippen molar-refractivity contribution in [3.8, 4) is 0 Å². The van der Waals surface area contributed by atoms with Crippen molar-refractivity contribution in [1.29, 1.82) is 0 Å². The molecule has 0 spiro atoms. The van der Waals surface area contributed by atoms with E-state index in [1.165, 1.54) is 0 Å². The Hall–Kier alpha value is -1.10. The number of nitrogens with zero attached hydrogens (tertiary/aromatic N) is 1. The van der Waals surface area contributed by atoms with Gasteiger partial charge in [-0.2, -0.15) is 0 Å². The van der Waals surface area contributed by atoms with Crippen molar-refractivity contribution in [2.45, 2.75) is 45.4 Å². The van der Waals surface area contributed by atoms with E-state index in [1.807, 2.05) is 6.92 Å². The Morgan fingerprint density at radius 3 is 2.89 bits per heavy atom. The number of hydrogen-bond donors (Lipinski definition) is 2. The Labute approximate surface area is 115 Å². The van der Waals surface area contributed by atoms with E-state index in [4.69, 9.17) is 5.11 Å². The van der Waals surface area contributed by atoms with Crippen LogP contribution in [0.25, 0.3) is 0 Å². The van der Waals surface area contributed by atoms with Crippen LogP contribution in [0.1, 0.15) is 45.4 Å². The summed E-state index contributed by atoms with van der Waals surface area (Å²) in [7, 11) is 0. The number of rotatable bonds is 7. The first-order valence-electron chi connectivity index (χ1n) is 7.32. The van der Waals surface area contributed by atoms with Gasteiger partial charge in [0.1, 0.15) is 0 Å². The first-order chi connectivity index (χ1) is 9.17. The first kappa shape index (κ1) is 16.0. The van der Waals surface area contributed by atoms with Gasteiger partial charge in [0, 0.05) is 26.1 Å². The van der Waals surface area contributed by atoms with Gasteiger partial charge in [0.2, 0.25) is 11.8 Å². The van der Waals surface area contributed by atoms with E-state index in [1.54, 1.807) is 4.90 Å². The zero-order valence-electron chi connectivity index (χ0n) is 11.9. The molecule has 1 saturated heterocycles. The molecular formula is C14H26N2O3. The fraction of sp³-hybridized carbons (Fsp3) is 0.857. The summed E-state index contributed by atoms with van der Waals surface area (Å²) in [6.45, 7) is 3.65. The summed E-state index contributed by atoms with van der Waals surface area (Å²) in [5.41, 5.74) is 0. The highest BCUT2D eigenvalue weighted by atomic mass is 16.3. The van der Waals surface area contributed by atoms with Crippen LogP contribution in [-0.2, 0) is 9.59 Å². The van der Waals surface area contributed by atoms with Crippen molar-refractivity contribution >= 4 is 11.8 Å². The molecule has 110 valence electrons. The maximum absolute atomic E-state index is 11.8. The average molecular weight is 270 g/mol. The monoisotopic (exact) mass is 270 g/mol. The van der Waals surface area contributed by atoms with E-state index in [9.17, 15) is 9.59 Å². The minimum atomic E-state index is -0.0911. The summed E-state index contributed by atoms with van der Waals surface area (Å²) in [5.74, 6) is 0.315. The third kappa shape index (κ3) is 6.05. The fourth-order valence-electron chi connectivity index (χ4n) is 2.33. The molecule has 19 heavy (non-hydrogen) atoms. The minimum absolute atomic E-state index is 0.0911. The van der Waals surface area contributed by atoms with Crippen LogP contribution in [0.3, 0.4) is 0 Å². The zero-order valence-corrected chi connectivity index (χ0v) is 11.9. The van der Waals surface area contributed by atoms with Crippen molar-refractivity contribution < 1.29 is 14.7 Å². The molecule has 2 N–H and O–H groups in total. The number of carbonyl (C=O) groups is 2. The number of nitrogens with one attached hydrogen (secondary N) is 1. The quantitative estimate of drug-likeness (QED) is 0.722. The van der Waals surface area contributed by atoms with Gasteiger partial charge in [0.15, 0.2) is 0 Å². The molecule has 0 aromatic heterocycles. The molecule has 0 saturated carbocycles. The third-order valence-corrected chi connectivity index (χ3v) is 3.71. The van der Waals surface area contributed by atoms with Crippen molar-refractivity contribution in [3.05, 3.63) is 0 Å². The lowest BCUT2D eigenvalue weighted by Crippen LogP contribution is -2.41. The average Bonchev–Trinajstić information content (AvgIpc) is 2.60. The maximum Gasteiger partial charge on any atom is 0.239 e. The second-order valence-corrected chi connectivity index (χ2v) is 5.22. The van der Waals surface area contributed by atoms with Crippen LogP contribution < -0.4 is 5.32 Å². The first-order valence-corrected chi connectivity index (χ1v) is 7.32. The molecule has 1 heterocycles. The lowest BCUT2D eigenvalue weighted by atomic mass is 10.0. The topological polar surface area (TPSA) is 69.6 Å². The van der Waals surface area contributed by atoms with Gasteiger partial charge in [-0.05, 0) is 25.2 Å². The molecule has 0 bridgehead atoms. The predicted molar refractivity (Wildman–Crippen MR) is 73.5 cm³/mol. The highest BCUT2D eigenvalue weighted by Crippen LogP contribution is 2.10. The van der Waals surface area contributed by atoms with Gasteiger partial charge in [-0.1, -0.05) is 19.8 Å². The van der Waals surface area contributed by atoms with Gasteiger partial charge in [-0.15, -0.1) is 0 Å². The predicted octanol–water partition coefficient (Wildman–Crippen LogP) is 0.914. The number of carbonyl (C=O) groups excluding carboxylic acids is 2. The highest BCUT2D eigenvalue weighted by molar-refractivity contribution is 5.84. The van der Waals surface area contributed by atoms with E-state index in [0.717, 1.165) is 25.7 Å². The molecule has 0 aromatic carbocycles. The SMILES string of the molecule is CCC(CCO)CNC(=O)CN1CCCCCC1=O. The molecule has 1 rings (SSSR count). The van der Waals surface area contributed by atoms with Crippen LogP contribution in [-0.4, -0.2) is 48.1 Å². The number of aliphatic hydroxyl groups is 1. The fourth-order valence-corrected chi connectivity index (χ4v) is 2.33. The van der Waals surface area contributed by atoms with Crippen LogP contribution in [0.5, 0.6) is 0 Å². The van der Waals surface area contributed by atoms with Gasteiger partial charge >= 0.3 is 0 Å². The Morgan fingerprint density at radius 2 is 2.21 bits per heavy atom. The molecule has 0 radical (unpaired) electrons. The van der Waals surface area contributed by atoms with Crippen LogP contribution in [0, 0.1) is 5.92 Å². The van der Waals surface area contributed by atoms with Crippen LogP contribution in [0.4, 0.5) is 0 Å². The molecule has 1 unspecified atom stereocenters. The number of hydrogen-bond acceptors (Lipinski definition) is 3. The zero-order chi connectivity index (χ0) is 14.1. The Balaban J connectivity index is 2.31. The lowest BCUT2D eigenvalue weighted by Gasteiger charge is -2.21. The molecule has 1 aliphatic rings. The van der Waals surface area contributed by atoms with E-state index in [2.05, 4.69) is 5.32 Å². The minimum Gasteiger partial charge on any atom is -0.396 e. The van der Waals surface area contributed by atoms with Gasteiger partial charge in [0.25, 0.3) is 0 Å². The largest absolute Gasteiger partial charge is 0.396 e. The number of aliphatic hydroxyl groups excluding tert-OH is 1. The van der Waals surface area contributed by atoms with Gasteiger partial charge in [-0.25, -0.2) is 0 Å². The van der Waals surface area contributed by atoms with E-state index in [-0.39, 0.29) is 25.0 Å². The molecule has 5 heteroatoms. The summed E-state index contributed by atoms with van der Waals surface area (Å²) >= 11 is 0. The van der Waals surface area contributed by atoms with Crippen molar-refractivity contribution in [1.82, 2.24) is 10.2 Å². The van der Waals surface area contributed by atoms with Crippen molar-refractivity contribution in [2.24, 2.45) is 5.92 Å². The Morgan fingerprint density at radius 1 is 1.42 bits per heavy atom. The summed E-state index contributed by atoms with van der Waals surface area (Å²) in [6, 6.07) is 0. The lowest BCUT2D eigenvalue weighted by molar-refractivity contribution is -0.135. The molecule has 1 aliphatic heterocycles. The summed E-state index contributed by atoms with van der Waals surface area (Å²) < 4.78 is 0. The van der Waals surface area contributed by atoms with Crippen molar-refractivity contribution in [3.63, 3.8) is 0 Å². The summed E-state index contributed by atoms with van der Waals surface area (Å²) in [4.78, 5) is 25.2. The molecule has 1 atom stereocenters. The summed E-state index contributed by atoms with van der Waals surface area (Å²) in [6.07, 6.45) is 5.20. The molecular weight excluding hydrogens is 244 g/mol. The third-order valence-electron chi connectivity index (χ3n) is 3.71. The van der Waals surface area contributed by atoms with E-state index >= 15 is 0 Å². The van der Waals surface area contributed by atoms with Crippen molar-refractivity contribution in [2.75, 3.05) is 26.2 Å². The van der Waals surface area contributed by atoms with Gasteiger partial charge in [0.05, 0.1) is 6.54 Å². The number of likely N-dealkylation sites (tertiary alicyclic amines) is 1. The highest BCUT2D eigenvalue weighted by Gasteiger charge is 2.19. The second kappa shape index (κ2) is 8.91. The van der Waals surface area contributed by atoms with Crippen LogP contribution >= 0.6 is 0 Å². The van der Waals surface area contributed by atoms with E-state index in [0.29, 0.717) is 31.8 Å². The van der Waals surface area contributed by atoms with Gasteiger partial charge in [-0.3, -0.25) is 9.59 Å². The molecule has 2 amide bonds. The van der Waals surface area contributed by atoms with Crippen LogP contribution in [0.15, 0.2) is 0 Å². The van der Waals surface area contributed by atoms with E-state index < -0.39 is 0 Å². The molecule has 0 aromatic rings. The molecule has 1 fully saturated rings. The normalized spacial score (nSPS) is 18.0.